The molecule has 1 aromatic rings. The fraction of sp³-hybridized carbons (Fsp3) is 0.600. The van der Waals surface area contributed by atoms with Crippen molar-refractivity contribution in [2.24, 2.45) is 11.1 Å². The molecule has 1 unspecified atom stereocenters. The van der Waals surface area contributed by atoms with E-state index in [1.54, 1.807) is 0 Å². The molecule has 0 aliphatic heterocycles. The van der Waals surface area contributed by atoms with Crippen molar-refractivity contribution in [2.45, 2.75) is 44.4 Å². The third-order valence-corrected chi connectivity index (χ3v) is 4.40. The van der Waals surface area contributed by atoms with Gasteiger partial charge in [0.15, 0.2) is 0 Å². The van der Waals surface area contributed by atoms with Crippen molar-refractivity contribution in [3.05, 3.63) is 35.4 Å². The molecule has 1 atom stereocenters. The van der Waals surface area contributed by atoms with E-state index in [1.165, 1.54) is 18.2 Å². The summed E-state index contributed by atoms with van der Waals surface area (Å²) in [6.07, 6.45) is -1.40. The Morgan fingerprint density at radius 2 is 1.75 bits per heavy atom. The van der Waals surface area contributed by atoms with Crippen molar-refractivity contribution >= 4 is 0 Å². The second kappa shape index (κ2) is 5.74. The second-order valence-corrected chi connectivity index (χ2v) is 5.61. The van der Waals surface area contributed by atoms with E-state index in [9.17, 15) is 18.3 Å². The zero-order valence-electron chi connectivity index (χ0n) is 11.3. The van der Waals surface area contributed by atoms with Crippen molar-refractivity contribution in [3.8, 4) is 0 Å². The Morgan fingerprint density at radius 3 is 2.30 bits per heavy atom. The van der Waals surface area contributed by atoms with Gasteiger partial charge in [0.2, 0.25) is 0 Å². The Kier molecular flexibility index (Phi) is 4.39. The van der Waals surface area contributed by atoms with E-state index in [0.29, 0.717) is 12.8 Å². The molecule has 20 heavy (non-hydrogen) atoms. The maximum atomic E-state index is 13.1. The largest absolute Gasteiger partial charge is 0.416 e. The molecule has 1 saturated carbocycles. The molecule has 0 radical (unpaired) electrons. The second-order valence-electron chi connectivity index (χ2n) is 5.61. The molecule has 1 aliphatic rings. The van der Waals surface area contributed by atoms with Gasteiger partial charge < -0.3 is 10.8 Å². The average Bonchev–Trinajstić information content (AvgIpc) is 2.46. The summed E-state index contributed by atoms with van der Waals surface area (Å²) < 4.78 is 39.2. The number of hydrogen-bond acceptors (Lipinski definition) is 2. The first kappa shape index (κ1) is 15.3. The smallest absolute Gasteiger partial charge is 0.388 e. The maximum Gasteiger partial charge on any atom is 0.416 e. The van der Waals surface area contributed by atoms with Crippen LogP contribution in [0.4, 0.5) is 13.2 Å². The summed E-state index contributed by atoms with van der Waals surface area (Å²) in [5.74, 6) is 0. The molecular weight excluding hydrogens is 267 g/mol. The van der Waals surface area contributed by atoms with Gasteiger partial charge in [-0.1, -0.05) is 37.5 Å². The molecule has 0 saturated heterocycles. The Bertz CT molecular complexity index is 453. The van der Waals surface area contributed by atoms with Gasteiger partial charge in [0, 0.05) is 12.0 Å². The molecule has 3 N–H and O–H groups in total. The lowest BCUT2D eigenvalue weighted by molar-refractivity contribution is -0.140. The van der Waals surface area contributed by atoms with Gasteiger partial charge in [0.25, 0.3) is 0 Å². The predicted octanol–water partition coefficient (Wildman–Crippen LogP) is 3.65. The van der Waals surface area contributed by atoms with Crippen molar-refractivity contribution < 1.29 is 18.3 Å². The standard InChI is InChI=1S/C15H20F3NO/c16-15(17,18)12-7-3-2-6-11(12)13(20)14(10-19)8-4-1-5-9-14/h2-3,6-7,13,20H,1,4-5,8-10,19H2. The van der Waals surface area contributed by atoms with Crippen LogP contribution >= 0.6 is 0 Å². The molecule has 112 valence electrons. The molecular formula is C15H20F3NO. The number of halogens is 3. The van der Waals surface area contributed by atoms with Crippen molar-refractivity contribution in [2.75, 3.05) is 6.54 Å². The molecule has 5 heteroatoms. The first-order valence-corrected chi connectivity index (χ1v) is 6.95. The third-order valence-electron chi connectivity index (χ3n) is 4.40. The first-order valence-electron chi connectivity index (χ1n) is 6.95. The van der Waals surface area contributed by atoms with Gasteiger partial charge in [-0.2, -0.15) is 13.2 Å². The van der Waals surface area contributed by atoms with Gasteiger partial charge in [0.1, 0.15) is 0 Å². The van der Waals surface area contributed by atoms with Crippen LogP contribution in [-0.4, -0.2) is 11.7 Å². The molecule has 1 fully saturated rings. The lowest BCUT2D eigenvalue weighted by Crippen LogP contribution is -2.39. The van der Waals surface area contributed by atoms with Gasteiger partial charge in [-0.25, -0.2) is 0 Å². The fourth-order valence-electron chi connectivity index (χ4n) is 3.17. The van der Waals surface area contributed by atoms with Gasteiger partial charge in [-0.3, -0.25) is 0 Å². The highest BCUT2D eigenvalue weighted by Crippen LogP contribution is 2.47. The molecule has 0 aromatic heterocycles. The quantitative estimate of drug-likeness (QED) is 0.891. The number of rotatable bonds is 3. The first-order chi connectivity index (χ1) is 9.41. The summed E-state index contributed by atoms with van der Waals surface area (Å²) in [5, 5.41) is 10.6. The van der Waals surface area contributed by atoms with Crippen molar-refractivity contribution in [1.82, 2.24) is 0 Å². The van der Waals surface area contributed by atoms with Crippen LogP contribution in [0.1, 0.15) is 49.3 Å². The number of benzene rings is 1. The SMILES string of the molecule is NCC1(C(O)c2ccccc2C(F)(F)F)CCCCC1. The predicted molar refractivity (Wildman–Crippen MR) is 71.0 cm³/mol. The van der Waals surface area contributed by atoms with Crippen molar-refractivity contribution in [1.29, 1.82) is 0 Å². The summed E-state index contributed by atoms with van der Waals surface area (Å²) >= 11 is 0. The summed E-state index contributed by atoms with van der Waals surface area (Å²) in [6, 6.07) is 5.25. The minimum atomic E-state index is -4.46. The Labute approximate surface area is 116 Å². The van der Waals surface area contributed by atoms with E-state index in [0.717, 1.165) is 25.3 Å². The van der Waals surface area contributed by atoms with Crippen LogP contribution < -0.4 is 5.73 Å². The number of aliphatic hydroxyl groups excluding tert-OH is 1. The van der Waals surface area contributed by atoms with Gasteiger partial charge in [-0.05, 0) is 24.5 Å². The van der Waals surface area contributed by atoms with E-state index in [4.69, 9.17) is 5.73 Å². The zero-order valence-corrected chi connectivity index (χ0v) is 11.3. The van der Waals surface area contributed by atoms with E-state index in [-0.39, 0.29) is 12.1 Å². The number of aliphatic hydroxyl groups is 1. The summed E-state index contributed by atoms with van der Waals surface area (Å²) in [5.41, 5.74) is 4.36. The lowest BCUT2D eigenvalue weighted by atomic mass is 9.68. The van der Waals surface area contributed by atoms with Crippen LogP contribution in [0.3, 0.4) is 0 Å². The Balaban J connectivity index is 2.40. The lowest BCUT2D eigenvalue weighted by Gasteiger charge is -2.41. The van der Waals surface area contributed by atoms with Crippen LogP contribution in [0.25, 0.3) is 0 Å². The maximum absolute atomic E-state index is 13.1. The molecule has 1 aliphatic carbocycles. The molecule has 2 rings (SSSR count). The van der Waals surface area contributed by atoms with Crippen LogP contribution in [-0.2, 0) is 6.18 Å². The minimum absolute atomic E-state index is 0.0487. The van der Waals surface area contributed by atoms with E-state index in [1.807, 2.05) is 0 Å². The van der Waals surface area contributed by atoms with Crippen LogP contribution in [0, 0.1) is 5.41 Å². The van der Waals surface area contributed by atoms with Crippen molar-refractivity contribution in [3.63, 3.8) is 0 Å². The number of nitrogens with two attached hydrogens (primary N) is 1. The topological polar surface area (TPSA) is 46.2 Å². The Hall–Kier alpha value is -1.07. The molecule has 0 spiro atoms. The normalized spacial score (nSPS) is 20.6. The fourth-order valence-corrected chi connectivity index (χ4v) is 3.17. The highest BCUT2D eigenvalue weighted by Gasteiger charge is 2.43. The molecule has 2 nitrogen and oxygen atoms in total. The van der Waals surface area contributed by atoms with Crippen LogP contribution in [0.2, 0.25) is 0 Å². The monoisotopic (exact) mass is 287 g/mol. The van der Waals surface area contributed by atoms with Gasteiger partial charge in [0.05, 0.1) is 11.7 Å². The van der Waals surface area contributed by atoms with Crippen LogP contribution in [0.15, 0.2) is 24.3 Å². The summed E-state index contributed by atoms with van der Waals surface area (Å²) in [7, 11) is 0. The van der Waals surface area contributed by atoms with Crippen LogP contribution in [0.5, 0.6) is 0 Å². The molecule has 0 bridgehead atoms. The van der Waals surface area contributed by atoms with E-state index >= 15 is 0 Å². The number of alkyl halides is 3. The summed E-state index contributed by atoms with van der Waals surface area (Å²) in [6.45, 7) is 0.209. The Morgan fingerprint density at radius 1 is 1.15 bits per heavy atom. The molecule has 0 heterocycles. The zero-order chi connectivity index (χ0) is 14.8. The highest BCUT2D eigenvalue weighted by atomic mass is 19.4. The third kappa shape index (κ3) is 2.83. The van der Waals surface area contributed by atoms with E-state index in [2.05, 4.69) is 0 Å². The summed E-state index contributed by atoms with van der Waals surface area (Å²) in [4.78, 5) is 0. The number of hydrogen-bond donors (Lipinski definition) is 2. The minimum Gasteiger partial charge on any atom is -0.388 e. The van der Waals surface area contributed by atoms with Gasteiger partial charge >= 0.3 is 6.18 Å². The average molecular weight is 287 g/mol. The highest BCUT2D eigenvalue weighted by molar-refractivity contribution is 5.33. The molecule has 0 amide bonds. The van der Waals surface area contributed by atoms with Gasteiger partial charge in [-0.15, -0.1) is 0 Å². The molecule has 1 aromatic carbocycles. The van der Waals surface area contributed by atoms with E-state index < -0.39 is 23.3 Å².